The molecule has 0 unspecified atom stereocenters. The molecule has 8 heteroatoms. The molecule has 0 saturated heterocycles. The van der Waals surface area contributed by atoms with Gasteiger partial charge < -0.3 is 24.8 Å². The van der Waals surface area contributed by atoms with Crippen LogP contribution in [-0.4, -0.2) is 37.1 Å². The Morgan fingerprint density at radius 1 is 0.969 bits per heavy atom. The Morgan fingerprint density at radius 2 is 1.81 bits per heavy atom. The fourth-order valence-electron chi connectivity index (χ4n) is 2.91. The highest BCUT2D eigenvalue weighted by Gasteiger charge is 2.14. The van der Waals surface area contributed by atoms with Crippen LogP contribution in [-0.2, 0) is 11.4 Å². The van der Waals surface area contributed by atoms with E-state index in [1.54, 1.807) is 62.0 Å². The first kappa shape index (κ1) is 22.6. The number of hydrogen-bond acceptors (Lipinski definition) is 6. The topological polar surface area (TPSA) is 98.8 Å². The number of nitrogens with zero attached hydrogens (tertiary/aromatic N) is 1. The van der Waals surface area contributed by atoms with Crippen LogP contribution in [0.15, 0.2) is 67.0 Å². The Bertz CT molecular complexity index is 1060. The molecule has 0 saturated carbocycles. The molecule has 0 spiro atoms. The molecule has 1 aromatic heterocycles. The lowest BCUT2D eigenvalue weighted by Crippen LogP contribution is -2.33. The maximum Gasteiger partial charge on any atom is 0.255 e. The number of benzene rings is 2. The van der Waals surface area contributed by atoms with Gasteiger partial charge in [0.1, 0.15) is 12.4 Å². The minimum atomic E-state index is -0.389. The van der Waals surface area contributed by atoms with Crippen LogP contribution in [0.5, 0.6) is 17.2 Å². The van der Waals surface area contributed by atoms with Crippen LogP contribution in [0.25, 0.3) is 0 Å². The molecule has 8 nitrogen and oxygen atoms in total. The summed E-state index contributed by atoms with van der Waals surface area (Å²) in [6.07, 6.45) is 3.40. The van der Waals surface area contributed by atoms with E-state index in [-0.39, 0.29) is 18.4 Å². The molecule has 0 aliphatic heterocycles. The zero-order valence-corrected chi connectivity index (χ0v) is 18.0. The van der Waals surface area contributed by atoms with Gasteiger partial charge in [0.2, 0.25) is 5.91 Å². The molecule has 0 radical (unpaired) electrons. The minimum absolute atomic E-state index is 0.197. The highest BCUT2D eigenvalue weighted by atomic mass is 16.5. The third kappa shape index (κ3) is 6.21. The largest absolute Gasteiger partial charge is 0.493 e. The van der Waals surface area contributed by atoms with Crippen molar-refractivity contribution >= 4 is 17.5 Å². The first-order chi connectivity index (χ1) is 15.6. The number of anilines is 1. The van der Waals surface area contributed by atoms with E-state index in [0.29, 0.717) is 41.7 Å². The summed E-state index contributed by atoms with van der Waals surface area (Å²) in [6, 6.07) is 15.7. The summed E-state index contributed by atoms with van der Waals surface area (Å²) in [7, 11) is 1.54. The summed E-state index contributed by atoms with van der Waals surface area (Å²) in [5, 5.41) is 5.35. The van der Waals surface area contributed by atoms with Crippen LogP contribution < -0.4 is 24.8 Å². The van der Waals surface area contributed by atoms with Gasteiger partial charge >= 0.3 is 0 Å². The Kier molecular flexibility index (Phi) is 8.02. The number of hydrogen-bond donors (Lipinski definition) is 2. The summed E-state index contributed by atoms with van der Waals surface area (Å²) < 4.78 is 16.6. The SMILES string of the molecule is CCOc1ccccc1C(=O)NCC(=O)Nc1ccc(OC)c(OCc2cccnc2)c1. The molecule has 1 heterocycles. The Balaban J connectivity index is 1.59. The van der Waals surface area contributed by atoms with Gasteiger partial charge in [0.05, 0.1) is 25.8 Å². The second kappa shape index (κ2) is 11.4. The van der Waals surface area contributed by atoms with Crippen molar-refractivity contribution in [3.63, 3.8) is 0 Å². The normalized spacial score (nSPS) is 10.2. The molecule has 166 valence electrons. The van der Waals surface area contributed by atoms with E-state index in [0.717, 1.165) is 5.56 Å². The smallest absolute Gasteiger partial charge is 0.255 e. The third-order valence-electron chi connectivity index (χ3n) is 4.41. The lowest BCUT2D eigenvalue weighted by atomic mass is 10.2. The van der Waals surface area contributed by atoms with Crippen LogP contribution in [0.3, 0.4) is 0 Å². The zero-order chi connectivity index (χ0) is 22.8. The van der Waals surface area contributed by atoms with Gasteiger partial charge in [-0.1, -0.05) is 18.2 Å². The van der Waals surface area contributed by atoms with Crippen molar-refractivity contribution in [3.8, 4) is 17.2 Å². The Hall–Kier alpha value is -4.07. The molecule has 32 heavy (non-hydrogen) atoms. The third-order valence-corrected chi connectivity index (χ3v) is 4.41. The molecule has 2 amide bonds. The monoisotopic (exact) mass is 435 g/mol. The second-order valence-corrected chi connectivity index (χ2v) is 6.68. The van der Waals surface area contributed by atoms with Crippen molar-refractivity contribution in [2.45, 2.75) is 13.5 Å². The minimum Gasteiger partial charge on any atom is -0.493 e. The van der Waals surface area contributed by atoms with E-state index >= 15 is 0 Å². The van der Waals surface area contributed by atoms with E-state index in [9.17, 15) is 9.59 Å². The molecule has 0 fully saturated rings. The maximum absolute atomic E-state index is 12.4. The predicted molar refractivity (Wildman–Crippen MR) is 120 cm³/mol. The van der Waals surface area contributed by atoms with Gasteiger partial charge in [-0.2, -0.15) is 0 Å². The van der Waals surface area contributed by atoms with Crippen LogP contribution in [0.1, 0.15) is 22.8 Å². The highest BCUT2D eigenvalue weighted by Crippen LogP contribution is 2.31. The molecular weight excluding hydrogens is 410 g/mol. The average Bonchev–Trinajstić information content (AvgIpc) is 2.82. The van der Waals surface area contributed by atoms with Crippen LogP contribution in [0, 0.1) is 0 Å². The molecule has 0 bridgehead atoms. The number of rotatable bonds is 10. The fraction of sp³-hybridized carbons (Fsp3) is 0.208. The number of carbonyl (C=O) groups excluding carboxylic acids is 2. The highest BCUT2D eigenvalue weighted by molar-refractivity contribution is 6.00. The lowest BCUT2D eigenvalue weighted by Gasteiger charge is -2.13. The summed E-state index contributed by atoms with van der Waals surface area (Å²) in [6.45, 7) is 2.38. The Labute approximate surface area is 186 Å². The average molecular weight is 435 g/mol. The van der Waals surface area contributed by atoms with Crippen molar-refractivity contribution in [2.75, 3.05) is 25.6 Å². The van der Waals surface area contributed by atoms with Crippen LogP contribution in [0.2, 0.25) is 0 Å². The standard InChI is InChI=1S/C24H25N3O5/c1-3-31-20-9-5-4-8-19(20)24(29)26-15-23(28)27-18-10-11-21(30-2)22(13-18)32-16-17-7-6-12-25-14-17/h4-14H,3,15-16H2,1-2H3,(H,26,29)(H,27,28). The van der Waals surface area contributed by atoms with Crippen molar-refractivity contribution in [1.29, 1.82) is 0 Å². The molecular formula is C24H25N3O5. The first-order valence-electron chi connectivity index (χ1n) is 10.1. The van der Waals surface area contributed by atoms with Gasteiger partial charge in [-0.25, -0.2) is 0 Å². The number of nitrogens with one attached hydrogen (secondary N) is 2. The molecule has 3 rings (SSSR count). The van der Waals surface area contributed by atoms with Gasteiger partial charge in [-0.15, -0.1) is 0 Å². The van der Waals surface area contributed by atoms with E-state index < -0.39 is 0 Å². The van der Waals surface area contributed by atoms with Crippen molar-refractivity contribution < 1.29 is 23.8 Å². The summed E-state index contributed by atoms with van der Waals surface area (Å²) >= 11 is 0. The van der Waals surface area contributed by atoms with Crippen LogP contribution in [0.4, 0.5) is 5.69 Å². The molecule has 2 aromatic carbocycles. The van der Waals surface area contributed by atoms with Gasteiger partial charge in [0.15, 0.2) is 11.5 Å². The zero-order valence-electron chi connectivity index (χ0n) is 18.0. The molecule has 0 atom stereocenters. The predicted octanol–water partition coefficient (Wildman–Crippen LogP) is 3.44. The van der Waals surface area contributed by atoms with Crippen molar-refractivity contribution in [1.82, 2.24) is 10.3 Å². The number of amides is 2. The van der Waals surface area contributed by atoms with Gasteiger partial charge in [0, 0.05) is 29.7 Å². The van der Waals surface area contributed by atoms with Crippen LogP contribution >= 0.6 is 0 Å². The van der Waals surface area contributed by atoms with Gasteiger partial charge in [0.25, 0.3) is 5.91 Å². The Morgan fingerprint density at radius 3 is 2.56 bits per heavy atom. The number of aromatic nitrogens is 1. The maximum atomic E-state index is 12.4. The molecule has 0 aliphatic carbocycles. The number of ether oxygens (including phenoxy) is 3. The quantitative estimate of drug-likeness (QED) is 0.506. The first-order valence-corrected chi connectivity index (χ1v) is 10.1. The van der Waals surface area contributed by atoms with E-state index in [1.165, 1.54) is 0 Å². The number of carbonyl (C=O) groups is 2. The van der Waals surface area contributed by atoms with Gasteiger partial charge in [-0.3, -0.25) is 14.6 Å². The lowest BCUT2D eigenvalue weighted by molar-refractivity contribution is -0.115. The van der Waals surface area contributed by atoms with Crippen molar-refractivity contribution in [3.05, 3.63) is 78.1 Å². The summed E-state index contributed by atoms with van der Waals surface area (Å²) in [5.41, 5.74) is 1.79. The number of para-hydroxylation sites is 1. The molecule has 0 aliphatic rings. The fourth-order valence-corrected chi connectivity index (χ4v) is 2.91. The molecule has 3 aromatic rings. The van der Waals surface area contributed by atoms with Crippen molar-refractivity contribution in [2.24, 2.45) is 0 Å². The number of pyridine rings is 1. The summed E-state index contributed by atoms with van der Waals surface area (Å²) in [5.74, 6) is 0.713. The van der Waals surface area contributed by atoms with Gasteiger partial charge in [-0.05, 0) is 37.3 Å². The van der Waals surface area contributed by atoms with E-state index in [4.69, 9.17) is 14.2 Å². The number of methoxy groups -OCH3 is 1. The summed E-state index contributed by atoms with van der Waals surface area (Å²) in [4.78, 5) is 28.9. The van der Waals surface area contributed by atoms with E-state index in [2.05, 4.69) is 15.6 Å². The van der Waals surface area contributed by atoms with E-state index in [1.807, 2.05) is 19.1 Å². The molecule has 2 N–H and O–H groups in total. The second-order valence-electron chi connectivity index (χ2n) is 6.68.